The number of likely N-dealkylation sites (N-methyl/N-ethyl adjacent to an activating group) is 2. The molecular formula is C12H15N3O3. The molecule has 0 fully saturated rings. The minimum Gasteiger partial charge on any atom is -0.482 e. The third-order valence-electron chi connectivity index (χ3n) is 2.86. The first-order chi connectivity index (χ1) is 8.49. The van der Waals surface area contributed by atoms with Crippen molar-refractivity contribution in [3.63, 3.8) is 0 Å². The van der Waals surface area contributed by atoms with Gasteiger partial charge in [-0.1, -0.05) is 0 Å². The fraction of sp³-hybridized carbons (Fsp3) is 0.333. The highest BCUT2D eigenvalue weighted by Crippen LogP contribution is 2.34. The van der Waals surface area contributed by atoms with E-state index in [9.17, 15) is 9.59 Å². The molecule has 0 bridgehead atoms. The van der Waals surface area contributed by atoms with Crippen LogP contribution < -0.4 is 20.3 Å². The van der Waals surface area contributed by atoms with Crippen LogP contribution in [-0.4, -0.2) is 39.1 Å². The average molecular weight is 249 g/mol. The van der Waals surface area contributed by atoms with E-state index in [1.807, 2.05) is 6.07 Å². The second-order valence-electron chi connectivity index (χ2n) is 4.22. The van der Waals surface area contributed by atoms with Crippen molar-refractivity contribution in [1.82, 2.24) is 0 Å². The Balaban J connectivity index is 2.31. The quantitative estimate of drug-likeness (QED) is 0.815. The molecule has 6 nitrogen and oxygen atoms in total. The molecule has 6 heteroatoms. The number of nitrogens with two attached hydrogens (primary N) is 1. The molecule has 0 radical (unpaired) electrons. The number of benzene rings is 1. The molecule has 2 amide bonds. The maximum atomic E-state index is 11.5. The van der Waals surface area contributed by atoms with Gasteiger partial charge in [0.15, 0.2) is 6.61 Å². The van der Waals surface area contributed by atoms with Crippen molar-refractivity contribution < 1.29 is 14.3 Å². The van der Waals surface area contributed by atoms with Crippen LogP contribution in [0.4, 0.5) is 11.4 Å². The summed E-state index contributed by atoms with van der Waals surface area (Å²) in [6, 6.07) is 5.41. The lowest BCUT2D eigenvalue weighted by Gasteiger charge is -2.27. The predicted molar refractivity (Wildman–Crippen MR) is 67.8 cm³/mol. The van der Waals surface area contributed by atoms with Gasteiger partial charge in [-0.25, -0.2) is 0 Å². The molecule has 1 aromatic rings. The lowest BCUT2D eigenvalue weighted by Crippen LogP contribution is -2.36. The van der Waals surface area contributed by atoms with Crippen LogP contribution in [0.1, 0.15) is 0 Å². The predicted octanol–water partition coefficient (Wildman–Crippen LogP) is -0.0367. The van der Waals surface area contributed by atoms with E-state index < -0.39 is 5.91 Å². The summed E-state index contributed by atoms with van der Waals surface area (Å²) in [4.78, 5) is 25.7. The Morgan fingerprint density at radius 2 is 2.28 bits per heavy atom. The zero-order valence-corrected chi connectivity index (χ0v) is 10.3. The van der Waals surface area contributed by atoms with Crippen LogP contribution in [0.2, 0.25) is 0 Å². The van der Waals surface area contributed by atoms with E-state index in [2.05, 4.69) is 0 Å². The number of primary amides is 1. The number of anilines is 2. The molecular weight excluding hydrogens is 234 g/mol. The number of carbonyl (C=O) groups is 2. The molecule has 1 aromatic carbocycles. The first kappa shape index (κ1) is 12.2. The number of fused-ring (bicyclic) bond motifs is 1. The number of hydrogen-bond donors (Lipinski definition) is 1. The molecule has 18 heavy (non-hydrogen) atoms. The molecule has 0 atom stereocenters. The molecule has 0 aromatic heterocycles. The Bertz CT molecular complexity index is 501. The minimum atomic E-state index is -0.407. The average Bonchev–Trinajstić information content (AvgIpc) is 2.33. The molecule has 0 unspecified atom stereocenters. The smallest absolute Gasteiger partial charge is 0.264 e. The highest BCUT2D eigenvalue weighted by Gasteiger charge is 2.22. The van der Waals surface area contributed by atoms with E-state index in [0.717, 1.165) is 5.69 Å². The van der Waals surface area contributed by atoms with Crippen molar-refractivity contribution in [3.05, 3.63) is 18.2 Å². The van der Waals surface area contributed by atoms with Gasteiger partial charge in [0.1, 0.15) is 5.75 Å². The Hall–Kier alpha value is -2.24. The van der Waals surface area contributed by atoms with E-state index >= 15 is 0 Å². The summed E-state index contributed by atoms with van der Waals surface area (Å²) in [6.07, 6.45) is 0. The van der Waals surface area contributed by atoms with Crippen LogP contribution in [-0.2, 0) is 9.59 Å². The van der Waals surface area contributed by atoms with Gasteiger partial charge in [0.2, 0.25) is 5.91 Å². The highest BCUT2D eigenvalue weighted by molar-refractivity contribution is 5.98. The van der Waals surface area contributed by atoms with Gasteiger partial charge in [0.25, 0.3) is 5.91 Å². The van der Waals surface area contributed by atoms with Gasteiger partial charge in [-0.3, -0.25) is 9.59 Å². The fourth-order valence-corrected chi connectivity index (χ4v) is 1.82. The lowest BCUT2D eigenvalue weighted by molar-refractivity contribution is -0.121. The minimum absolute atomic E-state index is 0.0555. The third-order valence-corrected chi connectivity index (χ3v) is 2.86. The molecule has 2 N–H and O–H groups in total. The van der Waals surface area contributed by atoms with Gasteiger partial charge in [0, 0.05) is 19.8 Å². The zero-order valence-electron chi connectivity index (χ0n) is 10.3. The van der Waals surface area contributed by atoms with Gasteiger partial charge in [-0.15, -0.1) is 0 Å². The van der Waals surface area contributed by atoms with Crippen LogP contribution in [0, 0.1) is 0 Å². The fourth-order valence-electron chi connectivity index (χ4n) is 1.82. The summed E-state index contributed by atoms with van der Waals surface area (Å²) < 4.78 is 5.32. The molecule has 0 saturated heterocycles. The van der Waals surface area contributed by atoms with Crippen molar-refractivity contribution in [2.45, 2.75) is 0 Å². The number of carbonyl (C=O) groups excluding carboxylic acids is 2. The second-order valence-corrected chi connectivity index (χ2v) is 4.22. The van der Waals surface area contributed by atoms with E-state index in [0.29, 0.717) is 11.4 Å². The SMILES string of the molecule is CN(CC(N)=O)c1ccc2c(c1)N(C)C(=O)CO2. The molecule has 0 spiro atoms. The van der Waals surface area contributed by atoms with E-state index in [4.69, 9.17) is 10.5 Å². The first-order valence-corrected chi connectivity index (χ1v) is 5.52. The Morgan fingerprint density at radius 1 is 1.56 bits per heavy atom. The second kappa shape index (κ2) is 4.56. The van der Waals surface area contributed by atoms with Gasteiger partial charge in [0.05, 0.1) is 12.2 Å². The normalized spacial score (nSPS) is 13.9. The maximum absolute atomic E-state index is 11.5. The monoisotopic (exact) mass is 249 g/mol. The van der Waals surface area contributed by atoms with Crippen LogP contribution in [0.3, 0.4) is 0 Å². The highest BCUT2D eigenvalue weighted by atomic mass is 16.5. The van der Waals surface area contributed by atoms with E-state index in [1.165, 1.54) is 0 Å². The maximum Gasteiger partial charge on any atom is 0.264 e. The van der Waals surface area contributed by atoms with Crippen LogP contribution in [0.5, 0.6) is 5.75 Å². The van der Waals surface area contributed by atoms with Crippen molar-refractivity contribution in [1.29, 1.82) is 0 Å². The van der Waals surface area contributed by atoms with E-state index in [-0.39, 0.29) is 19.1 Å². The number of amides is 2. The molecule has 0 aliphatic carbocycles. The summed E-state index contributed by atoms with van der Waals surface area (Å²) in [7, 11) is 3.46. The molecule has 2 rings (SSSR count). The Kier molecular flexibility index (Phi) is 3.10. The zero-order chi connectivity index (χ0) is 13.3. The van der Waals surface area contributed by atoms with Crippen molar-refractivity contribution in [2.24, 2.45) is 5.73 Å². The summed E-state index contributed by atoms with van der Waals surface area (Å²) in [6.45, 7) is 0.178. The van der Waals surface area contributed by atoms with Gasteiger partial charge >= 0.3 is 0 Å². The van der Waals surface area contributed by atoms with Crippen molar-refractivity contribution in [3.8, 4) is 5.75 Å². The lowest BCUT2D eigenvalue weighted by atomic mass is 10.2. The first-order valence-electron chi connectivity index (χ1n) is 5.52. The van der Waals surface area contributed by atoms with Crippen LogP contribution in [0.25, 0.3) is 0 Å². The van der Waals surface area contributed by atoms with Crippen LogP contribution >= 0.6 is 0 Å². The van der Waals surface area contributed by atoms with Gasteiger partial charge in [-0.05, 0) is 18.2 Å². The molecule has 1 aliphatic heterocycles. The number of nitrogens with zero attached hydrogens (tertiary/aromatic N) is 2. The van der Waals surface area contributed by atoms with Gasteiger partial charge < -0.3 is 20.3 Å². The summed E-state index contributed by atoms with van der Waals surface area (Å²) in [5.74, 6) is 0.154. The molecule has 0 saturated carbocycles. The van der Waals surface area contributed by atoms with Crippen LogP contribution in [0.15, 0.2) is 18.2 Å². The Morgan fingerprint density at radius 3 is 2.94 bits per heavy atom. The molecule has 96 valence electrons. The number of ether oxygens (including phenoxy) is 1. The van der Waals surface area contributed by atoms with E-state index in [1.54, 1.807) is 36.0 Å². The molecule has 1 heterocycles. The summed E-state index contributed by atoms with van der Waals surface area (Å²) >= 11 is 0. The summed E-state index contributed by atoms with van der Waals surface area (Å²) in [5.41, 5.74) is 6.65. The number of rotatable bonds is 3. The third kappa shape index (κ3) is 2.22. The van der Waals surface area contributed by atoms with Crippen molar-refractivity contribution >= 4 is 23.2 Å². The Labute approximate surface area is 105 Å². The standard InChI is InChI=1S/C12H15N3O3/c1-14(6-11(13)16)8-3-4-10-9(5-8)15(2)12(17)7-18-10/h3-5H,6-7H2,1-2H3,(H2,13,16). The topological polar surface area (TPSA) is 75.9 Å². The van der Waals surface area contributed by atoms with Crippen molar-refractivity contribution in [2.75, 3.05) is 37.0 Å². The largest absolute Gasteiger partial charge is 0.482 e. The van der Waals surface area contributed by atoms with Gasteiger partial charge in [-0.2, -0.15) is 0 Å². The summed E-state index contributed by atoms with van der Waals surface area (Å²) in [5, 5.41) is 0. The molecule has 1 aliphatic rings. The number of hydrogen-bond acceptors (Lipinski definition) is 4.